The van der Waals surface area contributed by atoms with Crippen LogP contribution in [0.15, 0.2) is 24.3 Å². The van der Waals surface area contributed by atoms with Crippen molar-refractivity contribution in [3.8, 4) is 5.75 Å². The molecule has 0 fully saturated rings. The second-order valence-corrected chi connectivity index (χ2v) is 6.06. The summed E-state index contributed by atoms with van der Waals surface area (Å²) in [5, 5.41) is 3.78. The van der Waals surface area contributed by atoms with Gasteiger partial charge >= 0.3 is 0 Å². The molecule has 0 bridgehead atoms. The molecular weight excluding hydrogens is 324 g/mol. The molecule has 0 aliphatic heterocycles. The number of rotatable bonds is 8. The Morgan fingerprint density at radius 1 is 1.12 bits per heavy atom. The van der Waals surface area contributed by atoms with Gasteiger partial charge in [0.1, 0.15) is 11.6 Å². The first-order valence-corrected chi connectivity index (χ1v) is 8.66. The van der Waals surface area contributed by atoms with E-state index in [1.807, 2.05) is 31.2 Å². The molecule has 0 spiro atoms. The highest BCUT2D eigenvalue weighted by molar-refractivity contribution is 6.32. The van der Waals surface area contributed by atoms with E-state index in [0.29, 0.717) is 16.7 Å². The minimum atomic E-state index is 0.550. The molecule has 1 N–H and O–H groups in total. The average Bonchev–Trinajstić information content (AvgIpc) is 2.54. The van der Waals surface area contributed by atoms with Gasteiger partial charge in [-0.25, -0.2) is 4.98 Å². The molecule has 1 aromatic heterocycles. The van der Waals surface area contributed by atoms with E-state index in [1.54, 1.807) is 7.11 Å². The van der Waals surface area contributed by atoms with Crippen LogP contribution in [0.5, 0.6) is 5.75 Å². The first-order valence-electron chi connectivity index (χ1n) is 8.28. The molecule has 2 aromatic rings. The van der Waals surface area contributed by atoms with E-state index < -0.39 is 0 Å². The molecule has 1 heterocycles. The van der Waals surface area contributed by atoms with Crippen LogP contribution in [0.4, 0.5) is 17.5 Å². The van der Waals surface area contributed by atoms with Crippen molar-refractivity contribution in [3.05, 3.63) is 35.0 Å². The van der Waals surface area contributed by atoms with Gasteiger partial charge in [-0.15, -0.1) is 0 Å². The Morgan fingerprint density at radius 3 is 2.42 bits per heavy atom. The predicted molar refractivity (Wildman–Crippen MR) is 101 cm³/mol. The van der Waals surface area contributed by atoms with Crippen LogP contribution in [0.3, 0.4) is 0 Å². The summed E-state index contributed by atoms with van der Waals surface area (Å²) in [5.74, 6) is 2.17. The number of benzene rings is 1. The number of nitrogens with one attached hydrogen (secondary N) is 1. The van der Waals surface area contributed by atoms with Gasteiger partial charge in [-0.2, -0.15) is 4.98 Å². The van der Waals surface area contributed by atoms with Crippen LogP contribution in [0.25, 0.3) is 0 Å². The summed E-state index contributed by atoms with van der Waals surface area (Å²) in [7, 11) is 1.60. The Morgan fingerprint density at radius 2 is 1.83 bits per heavy atom. The third kappa shape index (κ3) is 4.74. The topological polar surface area (TPSA) is 50.3 Å². The summed E-state index contributed by atoms with van der Waals surface area (Å²) in [5.41, 5.74) is 1.76. The first kappa shape index (κ1) is 18.3. The zero-order chi connectivity index (χ0) is 17.5. The van der Waals surface area contributed by atoms with Crippen molar-refractivity contribution in [1.29, 1.82) is 0 Å². The Balaban J connectivity index is 2.25. The lowest BCUT2D eigenvalue weighted by molar-refractivity contribution is 0.415. The number of halogens is 1. The quantitative estimate of drug-likeness (QED) is 0.741. The van der Waals surface area contributed by atoms with Crippen molar-refractivity contribution >= 4 is 29.1 Å². The molecule has 0 saturated heterocycles. The maximum Gasteiger partial charge on any atom is 0.229 e. The van der Waals surface area contributed by atoms with Crippen molar-refractivity contribution in [2.24, 2.45) is 0 Å². The maximum atomic E-state index is 6.18. The number of hydrogen-bond donors (Lipinski definition) is 1. The minimum absolute atomic E-state index is 0.550. The molecule has 1 aromatic carbocycles. The van der Waals surface area contributed by atoms with Gasteiger partial charge in [0.2, 0.25) is 5.95 Å². The number of nitrogens with zero attached hydrogens (tertiary/aromatic N) is 3. The average molecular weight is 349 g/mol. The molecule has 2 rings (SSSR count). The van der Waals surface area contributed by atoms with Gasteiger partial charge in [0.25, 0.3) is 0 Å². The van der Waals surface area contributed by atoms with Gasteiger partial charge in [-0.1, -0.05) is 25.4 Å². The first-order chi connectivity index (χ1) is 11.6. The second-order valence-electron chi connectivity index (χ2n) is 5.65. The summed E-state index contributed by atoms with van der Waals surface area (Å²) in [6, 6.07) is 7.55. The SMILES string of the molecule is CCCN(CCC)c1cc(C)nc(Nc2ccc(OC)c(Cl)c2)n1. The maximum absolute atomic E-state index is 6.18. The van der Waals surface area contributed by atoms with Crippen molar-refractivity contribution in [1.82, 2.24) is 9.97 Å². The van der Waals surface area contributed by atoms with E-state index in [2.05, 4.69) is 34.0 Å². The third-order valence-electron chi connectivity index (χ3n) is 3.56. The van der Waals surface area contributed by atoms with Gasteiger partial charge < -0.3 is 15.0 Å². The summed E-state index contributed by atoms with van der Waals surface area (Å²) < 4.78 is 5.18. The molecule has 0 aliphatic carbocycles. The lowest BCUT2D eigenvalue weighted by atomic mass is 10.3. The third-order valence-corrected chi connectivity index (χ3v) is 3.86. The van der Waals surface area contributed by atoms with Crippen molar-refractivity contribution < 1.29 is 4.74 Å². The fraction of sp³-hybridized carbons (Fsp3) is 0.444. The molecule has 0 unspecified atom stereocenters. The molecule has 0 saturated carbocycles. The molecule has 0 amide bonds. The predicted octanol–water partition coefficient (Wildman–Crippen LogP) is 4.82. The molecule has 0 aliphatic rings. The van der Waals surface area contributed by atoms with Crippen molar-refractivity contribution in [2.75, 3.05) is 30.4 Å². The summed E-state index contributed by atoms with van der Waals surface area (Å²) in [6.07, 6.45) is 2.17. The van der Waals surface area contributed by atoms with E-state index in [4.69, 9.17) is 16.3 Å². The van der Waals surface area contributed by atoms with Crippen LogP contribution in [0.1, 0.15) is 32.4 Å². The number of hydrogen-bond acceptors (Lipinski definition) is 5. The van der Waals surface area contributed by atoms with Crippen molar-refractivity contribution in [2.45, 2.75) is 33.6 Å². The van der Waals surface area contributed by atoms with E-state index in [0.717, 1.165) is 43.1 Å². The zero-order valence-corrected chi connectivity index (χ0v) is 15.5. The molecular formula is C18H25ClN4O. The molecule has 130 valence electrons. The standard InChI is InChI=1S/C18H25ClN4O/c1-5-9-23(10-6-2)17-11-13(3)20-18(22-17)21-14-7-8-16(24-4)15(19)12-14/h7-8,11-12H,5-6,9-10H2,1-4H3,(H,20,21,22). The molecule has 24 heavy (non-hydrogen) atoms. The van der Waals surface area contributed by atoms with Gasteiger partial charge in [-0.05, 0) is 38.0 Å². The number of aromatic nitrogens is 2. The van der Waals surface area contributed by atoms with Crippen LogP contribution in [-0.4, -0.2) is 30.2 Å². The van der Waals surface area contributed by atoms with E-state index in [9.17, 15) is 0 Å². The van der Waals surface area contributed by atoms with E-state index >= 15 is 0 Å². The highest BCUT2D eigenvalue weighted by atomic mass is 35.5. The van der Waals surface area contributed by atoms with Gasteiger partial charge in [-0.3, -0.25) is 0 Å². The summed E-state index contributed by atoms with van der Waals surface area (Å²) in [4.78, 5) is 11.4. The smallest absolute Gasteiger partial charge is 0.229 e. The number of methoxy groups -OCH3 is 1. The highest BCUT2D eigenvalue weighted by Gasteiger charge is 2.10. The normalized spacial score (nSPS) is 10.5. The Kier molecular flexibility index (Phi) is 6.67. The highest BCUT2D eigenvalue weighted by Crippen LogP contribution is 2.28. The lowest BCUT2D eigenvalue weighted by Gasteiger charge is -2.23. The van der Waals surface area contributed by atoms with E-state index in [1.165, 1.54) is 0 Å². The Hall–Kier alpha value is -2.01. The van der Waals surface area contributed by atoms with Crippen LogP contribution in [0, 0.1) is 6.92 Å². The fourth-order valence-electron chi connectivity index (χ4n) is 2.52. The van der Waals surface area contributed by atoms with Crippen LogP contribution in [0.2, 0.25) is 5.02 Å². The van der Waals surface area contributed by atoms with Crippen molar-refractivity contribution in [3.63, 3.8) is 0 Å². The molecule has 5 nitrogen and oxygen atoms in total. The second kappa shape index (κ2) is 8.73. The van der Waals surface area contributed by atoms with Crippen LogP contribution >= 0.6 is 11.6 Å². The minimum Gasteiger partial charge on any atom is -0.495 e. The molecule has 0 atom stereocenters. The number of ether oxygens (including phenoxy) is 1. The number of anilines is 3. The summed E-state index contributed by atoms with van der Waals surface area (Å²) >= 11 is 6.18. The van der Waals surface area contributed by atoms with Gasteiger partial charge in [0, 0.05) is 30.5 Å². The van der Waals surface area contributed by atoms with E-state index in [-0.39, 0.29) is 0 Å². The lowest BCUT2D eigenvalue weighted by Crippen LogP contribution is -2.26. The number of aryl methyl sites for hydroxylation is 1. The zero-order valence-electron chi connectivity index (χ0n) is 14.8. The Labute approximate surface area is 149 Å². The van der Waals surface area contributed by atoms with Gasteiger partial charge in [0.05, 0.1) is 12.1 Å². The van der Waals surface area contributed by atoms with Gasteiger partial charge in [0.15, 0.2) is 0 Å². The Bertz CT molecular complexity index is 672. The fourth-order valence-corrected chi connectivity index (χ4v) is 2.78. The van der Waals surface area contributed by atoms with Crippen LogP contribution in [-0.2, 0) is 0 Å². The molecule has 0 radical (unpaired) electrons. The largest absolute Gasteiger partial charge is 0.495 e. The summed E-state index contributed by atoms with van der Waals surface area (Å²) in [6.45, 7) is 8.30. The monoisotopic (exact) mass is 348 g/mol. The molecule has 6 heteroatoms. The van der Waals surface area contributed by atoms with Crippen LogP contribution < -0.4 is 15.0 Å².